The zero-order valence-electron chi connectivity index (χ0n) is 13.8. The van der Waals surface area contributed by atoms with E-state index in [0.717, 1.165) is 16.7 Å². The van der Waals surface area contributed by atoms with E-state index in [0.29, 0.717) is 42.9 Å². The Labute approximate surface area is 144 Å². The van der Waals surface area contributed by atoms with E-state index >= 15 is 0 Å². The van der Waals surface area contributed by atoms with Gasteiger partial charge in [-0.1, -0.05) is 12.1 Å². The van der Waals surface area contributed by atoms with Gasteiger partial charge in [0.25, 0.3) is 11.8 Å². The first-order valence-corrected chi connectivity index (χ1v) is 8.10. The van der Waals surface area contributed by atoms with E-state index in [2.05, 4.69) is 0 Å². The third-order valence-electron chi connectivity index (χ3n) is 4.80. The van der Waals surface area contributed by atoms with Crippen molar-refractivity contribution in [3.63, 3.8) is 0 Å². The van der Waals surface area contributed by atoms with Crippen LogP contribution in [0.3, 0.4) is 0 Å². The summed E-state index contributed by atoms with van der Waals surface area (Å²) in [4.78, 5) is 25.2. The van der Waals surface area contributed by atoms with Crippen molar-refractivity contribution in [1.29, 1.82) is 0 Å². The Hall–Kier alpha value is -2.89. The van der Waals surface area contributed by atoms with E-state index in [9.17, 15) is 14.0 Å². The van der Waals surface area contributed by atoms with E-state index in [-0.39, 0.29) is 11.5 Å². The van der Waals surface area contributed by atoms with E-state index in [1.165, 1.54) is 6.07 Å². The number of nitrogens with zero attached hydrogens (tertiary/aromatic N) is 1. The van der Waals surface area contributed by atoms with Crippen molar-refractivity contribution < 1.29 is 18.7 Å². The first-order chi connectivity index (χ1) is 12.0. The summed E-state index contributed by atoms with van der Waals surface area (Å²) in [5.41, 5.74) is 9.02. The minimum Gasteiger partial charge on any atom is -0.493 e. The van der Waals surface area contributed by atoms with E-state index in [1.54, 1.807) is 11.9 Å². The van der Waals surface area contributed by atoms with Crippen molar-refractivity contribution in [1.82, 2.24) is 4.90 Å². The zero-order valence-corrected chi connectivity index (χ0v) is 13.8. The van der Waals surface area contributed by atoms with Crippen LogP contribution in [0.25, 0.3) is 0 Å². The Morgan fingerprint density at radius 1 is 1.36 bits per heavy atom. The zero-order chi connectivity index (χ0) is 17.7. The maximum absolute atomic E-state index is 14.4. The second-order valence-corrected chi connectivity index (χ2v) is 6.50. The fourth-order valence-corrected chi connectivity index (χ4v) is 3.58. The molecule has 0 bridgehead atoms. The normalized spacial score (nSPS) is 15.1. The smallest absolute Gasteiger partial charge is 0.254 e. The summed E-state index contributed by atoms with van der Waals surface area (Å²) in [6.07, 6.45) is 0.910. The predicted octanol–water partition coefficient (Wildman–Crippen LogP) is 2.04. The molecule has 2 aromatic carbocycles. The number of benzene rings is 2. The summed E-state index contributed by atoms with van der Waals surface area (Å²) in [5, 5.41) is 0. The molecular formula is C19H17FN2O3. The monoisotopic (exact) mass is 340 g/mol. The largest absolute Gasteiger partial charge is 0.493 e. The number of fused-ring (bicyclic) bond motifs is 2. The maximum Gasteiger partial charge on any atom is 0.254 e. The summed E-state index contributed by atoms with van der Waals surface area (Å²) >= 11 is 0. The van der Waals surface area contributed by atoms with Gasteiger partial charge in [0.15, 0.2) is 0 Å². The summed E-state index contributed by atoms with van der Waals surface area (Å²) in [6.45, 7) is 0.970. The molecule has 2 amide bonds. The van der Waals surface area contributed by atoms with E-state index in [4.69, 9.17) is 10.5 Å². The number of hydrogen-bond acceptors (Lipinski definition) is 3. The third kappa shape index (κ3) is 2.45. The molecule has 25 heavy (non-hydrogen) atoms. The van der Waals surface area contributed by atoms with E-state index in [1.807, 2.05) is 18.2 Å². The quantitative estimate of drug-likeness (QED) is 0.929. The number of halogens is 1. The van der Waals surface area contributed by atoms with Crippen LogP contribution in [0.15, 0.2) is 24.3 Å². The van der Waals surface area contributed by atoms with Crippen LogP contribution in [0.1, 0.15) is 43.0 Å². The molecule has 0 saturated carbocycles. The average molecular weight is 340 g/mol. The van der Waals surface area contributed by atoms with Crippen LogP contribution >= 0.6 is 0 Å². The van der Waals surface area contributed by atoms with Crippen LogP contribution < -0.4 is 10.5 Å². The molecule has 2 aromatic rings. The minimum absolute atomic E-state index is 0.0172. The molecule has 2 aliphatic rings. The number of rotatable bonds is 3. The second-order valence-electron chi connectivity index (χ2n) is 6.50. The van der Waals surface area contributed by atoms with Gasteiger partial charge in [-0.2, -0.15) is 0 Å². The molecule has 0 saturated heterocycles. The number of carbonyl (C=O) groups is 2. The van der Waals surface area contributed by atoms with Crippen molar-refractivity contribution in [3.05, 3.63) is 63.5 Å². The fourth-order valence-electron chi connectivity index (χ4n) is 3.58. The van der Waals surface area contributed by atoms with Gasteiger partial charge < -0.3 is 15.4 Å². The highest BCUT2D eigenvalue weighted by Gasteiger charge is 2.27. The molecule has 0 aromatic heterocycles. The molecule has 0 atom stereocenters. The van der Waals surface area contributed by atoms with Crippen molar-refractivity contribution in [2.24, 2.45) is 5.73 Å². The van der Waals surface area contributed by atoms with Crippen LogP contribution in [0.2, 0.25) is 0 Å². The van der Waals surface area contributed by atoms with Gasteiger partial charge in [-0.3, -0.25) is 9.59 Å². The number of amides is 2. The van der Waals surface area contributed by atoms with Crippen molar-refractivity contribution >= 4 is 11.8 Å². The SMILES string of the molecule is CN1Cc2cc(Cc3cc(C(N)=O)c(F)c4c3OCC4)ccc2C1=O. The third-order valence-corrected chi connectivity index (χ3v) is 4.80. The predicted molar refractivity (Wildman–Crippen MR) is 89.2 cm³/mol. The second kappa shape index (κ2) is 5.58. The lowest BCUT2D eigenvalue weighted by Gasteiger charge is -2.12. The first kappa shape index (κ1) is 15.6. The van der Waals surface area contributed by atoms with Crippen molar-refractivity contribution in [2.75, 3.05) is 13.7 Å². The average Bonchev–Trinajstić information content (AvgIpc) is 3.16. The lowest BCUT2D eigenvalue weighted by atomic mass is 9.95. The van der Waals surface area contributed by atoms with Gasteiger partial charge in [0, 0.05) is 37.6 Å². The summed E-state index contributed by atoms with van der Waals surface area (Å²) < 4.78 is 20.0. The topological polar surface area (TPSA) is 72.6 Å². The standard InChI is InChI=1S/C19H17FN2O3/c1-22-9-12-7-10(2-3-13(12)19(22)24)6-11-8-15(18(21)23)16(20)14-4-5-25-17(11)14/h2-3,7-8H,4-6,9H2,1H3,(H2,21,23). The molecule has 0 spiro atoms. The van der Waals surface area contributed by atoms with Gasteiger partial charge in [0.1, 0.15) is 11.6 Å². The lowest BCUT2D eigenvalue weighted by molar-refractivity contribution is 0.0816. The van der Waals surface area contributed by atoms with Crippen molar-refractivity contribution in [2.45, 2.75) is 19.4 Å². The maximum atomic E-state index is 14.4. The summed E-state index contributed by atoms with van der Waals surface area (Å²) in [5.74, 6) is -0.834. The summed E-state index contributed by atoms with van der Waals surface area (Å²) in [6, 6.07) is 7.15. The van der Waals surface area contributed by atoms with Crippen LogP contribution in [0, 0.1) is 5.82 Å². The van der Waals surface area contributed by atoms with Gasteiger partial charge >= 0.3 is 0 Å². The number of nitrogens with two attached hydrogens (primary N) is 1. The Morgan fingerprint density at radius 2 is 2.16 bits per heavy atom. The van der Waals surface area contributed by atoms with Gasteiger partial charge in [-0.05, 0) is 28.8 Å². The Kier molecular flexibility index (Phi) is 3.49. The highest BCUT2D eigenvalue weighted by molar-refractivity contribution is 5.98. The molecule has 128 valence electrons. The van der Waals surface area contributed by atoms with Crippen molar-refractivity contribution in [3.8, 4) is 5.75 Å². The van der Waals surface area contributed by atoms with Crippen LogP contribution in [0.4, 0.5) is 4.39 Å². The first-order valence-electron chi connectivity index (χ1n) is 8.10. The van der Waals surface area contributed by atoms with Crippen LogP contribution in [-0.4, -0.2) is 30.4 Å². The summed E-state index contributed by atoms with van der Waals surface area (Å²) in [7, 11) is 1.77. The Balaban J connectivity index is 1.74. The van der Waals surface area contributed by atoms with Gasteiger partial charge in [-0.15, -0.1) is 0 Å². The molecular weight excluding hydrogens is 323 g/mol. The van der Waals surface area contributed by atoms with Crippen LogP contribution in [-0.2, 0) is 19.4 Å². The van der Waals surface area contributed by atoms with Gasteiger partial charge in [0.2, 0.25) is 0 Å². The molecule has 5 nitrogen and oxygen atoms in total. The van der Waals surface area contributed by atoms with E-state index < -0.39 is 11.7 Å². The number of carbonyl (C=O) groups excluding carboxylic acids is 2. The molecule has 2 aliphatic heterocycles. The fraction of sp³-hybridized carbons (Fsp3) is 0.263. The van der Waals surface area contributed by atoms with Gasteiger partial charge in [0.05, 0.1) is 12.2 Å². The molecule has 2 heterocycles. The molecule has 0 fully saturated rings. The van der Waals surface area contributed by atoms with Crippen LogP contribution in [0.5, 0.6) is 5.75 Å². The molecule has 4 rings (SSSR count). The number of ether oxygens (including phenoxy) is 1. The molecule has 6 heteroatoms. The molecule has 0 radical (unpaired) electrons. The molecule has 0 unspecified atom stereocenters. The Bertz CT molecular complexity index is 923. The lowest BCUT2D eigenvalue weighted by Crippen LogP contribution is -2.17. The Morgan fingerprint density at radius 3 is 2.92 bits per heavy atom. The highest BCUT2D eigenvalue weighted by Crippen LogP contribution is 2.35. The molecule has 0 aliphatic carbocycles. The molecule has 2 N–H and O–H groups in total. The van der Waals surface area contributed by atoms with Gasteiger partial charge in [-0.25, -0.2) is 4.39 Å². The minimum atomic E-state index is -0.783. The number of primary amides is 1. The number of hydrogen-bond donors (Lipinski definition) is 1. The highest BCUT2D eigenvalue weighted by atomic mass is 19.1.